The van der Waals surface area contributed by atoms with Crippen molar-refractivity contribution in [1.82, 2.24) is 9.62 Å². The van der Waals surface area contributed by atoms with Gasteiger partial charge in [-0.1, -0.05) is 26.0 Å². The van der Waals surface area contributed by atoms with Crippen LogP contribution in [0.25, 0.3) is 0 Å². The first-order chi connectivity index (χ1) is 9.86. The molecular formula is C14H25N3O2S2. The van der Waals surface area contributed by atoms with E-state index in [1.54, 1.807) is 13.1 Å². The lowest BCUT2D eigenvalue weighted by Gasteiger charge is -2.19. The van der Waals surface area contributed by atoms with E-state index in [4.69, 9.17) is 0 Å². The average Bonchev–Trinajstić information content (AvgIpc) is 2.43. The van der Waals surface area contributed by atoms with Gasteiger partial charge in [0.15, 0.2) is 0 Å². The molecule has 0 aromatic heterocycles. The Morgan fingerprint density at radius 3 is 2.57 bits per heavy atom. The van der Waals surface area contributed by atoms with E-state index in [0.29, 0.717) is 18.3 Å². The minimum Gasteiger partial charge on any atom is -0.314 e. The molecule has 0 saturated carbocycles. The van der Waals surface area contributed by atoms with Crippen molar-refractivity contribution in [2.24, 2.45) is 0 Å². The van der Waals surface area contributed by atoms with Crippen LogP contribution in [0.4, 0.5) is 5.69 Å². The summed E-state index contributed by atoms with van der Waals surface area (Å²) in [5, 5.41) is 3.27. The lowest BCUT2D eigenvalue weighted by Crippen LogP contribution is -2.35. The van der Waals surface area contributed by atoms with Crippen molar-refractivity contribution in [2.75, 3.05) is 31.1 Å². The molecule has 0 spiro atoms. The number of nitrogens with zero attached hydrogens (tertiary/aromatic N) is 1. The summed E-state index contributed by atoms with van der Waals surface area (Å²) in [5.74, 6) is 0. The van der Waals surface area contributed by atoms with Crippen molar-refractivity contribution in [1.29, 1.82) is 0 Å². The van der Waals surface area contributed by atoms with Crippen LogP contribution < -0.4 is 10.0 Å². The third kappa shape index (κ3) is 6.25. The molecule has 0 fully saturated rings. The average molecular weight is 332 g/mol. The largest absolute Gasteiger partial charge is 0.314 e. The van der Waals surface area contributed by atoms with Crippen LogP contribution >= 0.6 is 11.8 Å². The van der Waals surface area contributed by atoms with E-state index in [-0.39, 0.29) is 0 Å². The summed E-state index contributed by atoms with van der Waals surface area (Å²) in [6.45, 7) is 5.43. The van der Waals surface area contributed by atoms with Crippen molar-refractivity contribution >= 4 is 27.7 Å². The molecule has 0 aliphatic carbocycles. The number of hydrogen-bond acceptors (Lipinski definition) is 4. The number of para-hydroxylation sites is 1. The monoisotopic (exact) mass is 331 g/mol. The molecule has 0 amide bonds. The Labute approximate surface area is 132 Å². The van der Waals surface area contributed by atoms with Crippen LogP contribution in [0.2, 0.25) is 0 Å². The van der Waals surface area contributed by atoms with E-state index in [9.17, 15) is 8.42 Å². The minimum atomic E-state index is -3.50. The highest BCUT2D eigenvalue weighted by atomic mass is 32.2. The summed E-state index contributed by atoms with van der Waals surface area (Å²) >= 11 is 1.52. The molecule has 5 nitrogen and oxygen atoms in total. The van der Waals surface area contributed by atoms with Crippen LogP contribution in [0.15, 0.2) is 29.2 Å². The zero-order valence-electron chi connectivity index (χ0n) is 13.1. The molecule has 1 aromatic rings. The summed E-state index contributed by atoms with van der Waals surface area (Å²) < 4.78 is 28.6. The molecule has 1 aromatic carbocycles. The van der Waals surface area contributed by atoms with E-state index < -0.39 is 10.2 Å². The van der Waals surface area contributed by atoms with Crippen molar-refractivity contribution in [3.63, 3.8) is 0 Å². The number of thioether (sulfide) groups is 1. The van der Waals surface area contributed by atoms with Crippen LogP contribution in [0.1, 0.15) is 20.3 Å². The second-order valence-corrected chi connectivity index (χ2v) is 7.72. The molecule has 7 heteroatoms. The van der Waals surface area contributed by atoms with Gasteiger partial charge in [0.1, 0.15) is 0 Å². The van der Waals surface area contributed by atoms with Crippen LogP contribution in [0.3, 0.4) is 0 Å². The zero-order valence-corrected chi connectivity index (χ0v) is 14.7. The molecule has 0 atom stereocenters. The minimum absolute atomic E-state index is 0.415. The van der Waals surface area contributed by atoms with E-state index >= 15 is 0 Å². The van der Waals surface area contributed by atoms with Gasteiger partial charge in [-0.3, -0.25) is 4.72 Å². The predicted molar refractivity (Wildman–Crippen MR) is 91.2 cm³/mol. The van der Waals surface area contributed by atoms with Gasteiger partial charge in [-0.2, -0.15) is 12.7 Å². The molecule has 0 aliphatic heterocycles. The van der Waals surface area contributed by atoms with E-state index in [0.717, 1.165) is 17.9 Å². The summed E-state index contributed by atoms with van der Waals surface area (Å²) in [5.41, 5.74) is 0.622. The van der Waals surface area contributed by atoms with Crippen LogP contribution in [0.5, 0.6) is 0 Å². The quantitative estimate of drug-likeness (QED) is 0.539. The number of rotatable bonds is 9. The smallest absolute Gasteiger partial charge is 0.301 e. The standard InChI is InChI=1S/C14H25N3O2S2/c1-12(2)15-10-7-11-17(3)21(18,19)16-13-8-5-6-9-14(13)20-4/h5-6,8-9,12,15-16H,7,10-11H2,1-4H3. The molecule has 0 radical (unpaired) electrons. The molecule has 120 valence electrons. The van der Waals surface area contributed by atoms with Crippen molar-refractivity contribution in [3.05, 3.63) is 24.3 Å². The van der Waals surface area contributed by atoms with Crippen LogP contribution in [-0.4, -0.2) is 45.2 Å². The molecule has 0 aliphatic rings. The topological polar surface area (TPSA) is 61.4 Å². The maximum Gasteiger partial charge on any atom is 0.301 e. The fourth-order valence-corrected chi connectivity index (χ4v) is 3.36. The fourth-order valence-electron chi connectivity index (χ4n) is 1.76. The summed E-state index contributed by atoms with van der Waals surface area (Å²) in [6, 6.07) is 7.81. The normalized spacial score (nSPS) is 12.1. The van der Waals surface area contributed by atoms with Gasteiger partial charge >= 0.3 is 10.2 Å². The van der Waals surface area contributed by atoms with Crippen molar-refractivity contribution < 1.29 is 8.42 Å². The van der Waals surface area contributed by atoms with Gasteiger partial charge in [0.05, 0.1) is 5.69 Å². The van der Waals surface area contributed by atoms with Crippen molar-refractivity contribution in [2.45, 2.75) is 31.2 Å². The van der Waals surface area contributed by atoms with Crippen molar-refractivity contribution in [3.8, 4) is 0 Å². The molecule has 21 heavy (non-hydrogen) atoms. The van der Waals surface area contributed by atoms with Gasteiger partial charge in [0.25, 0.3) is 0 Å². The summed E-state index contributed by atoms with van der Waals surface area (Å²) in [4.78, 5) is 0.913. The van der Waals surface area contributed by atoms with Gasteiger partial charge < -0.3 is 5.32 Å². The van der Waals surface area contributed by atoms with Gasteiger partial charge in [-0.15, -0.1) is 11.8 Å². The third-order valence-electron chi connectivity index (χ3n) is 2.96. The maximum atomic E-state index is 12.3. The number of benzene rings is 1. The summed E-state index contributed by atoms with van der Waals surface area (Å²) in [6.07, 6.45) is 2.70. The Balaban J connectivity index is 2.59. The first kappa shape index (κ1) is 18.3. The lowest BCUT2D eigenvalue weighted by atomic mass is 10.3. The maximum absolute atomic E-state index is 12.3. The molecule has 0 unspecified atom stereocenters. The Morgan fingerprint density at radius 1 is 1.29 bits per heavy atom. The van der Waals surface area contributed by atoms with E-state index in [2.05, 4.69) is 23.9 Å². The summed E-state index contributed by atoms with van der Waals surface area (Å²) in [7, 11) is -1.91. The Bertz CT molecular complexity index is 533. The highest BCUT2D eigenvalue weighted by molar-refractivity contribution is 7.98. The Hall–Kier alpha value is -0.760. The number of nitrogens with one attached hydrogen (secondary N) is 2. The van der Waals surface area contributed by atoms with Crippen LogP contribution in [0, 0.1) is 0 Å². The fraction of sp³-hybridized carbons (Fsp3) is 0.571. The molecule has 0 bridgehead atoms. The Morgan fingerprint density at radius 2 is 1.95 bits per heavy atom. The lowest BCUT2D eigenvalue weighted by molar-refractivity contribution is 0.451. The highest BCUT2D eigenvalue weighted by Gasteiger charge is 2.18. The van der Waals surface area contributed by atoms with E-state index in [1.807, 2.05) is 24.5 Å². The first-order valence-corrected chi connectivity index (χ1v) is 9.63. The second-order valence-electron chi connectivity index (χ2n) is 5.09. The van der Waals surface area contributed by atoms with Gasteiger partial charge in [0, 0.05) is 24.5 Å². The van der Waals surface area contributed by atoms with Crippen LogP contribution in [-0.2, 0) is 10.2 Å². The molecule has 2 N–H and O–H groups in total. The molecular weight excluding hydrogens is 306 g/mol. The second kappa shape index (κ2) is 8.63. The Kier molecular flexibility index (Phi) is 7.51. The molecule has 1 rings (SSSR count). The number of anilines is 1. The van der Waals surface area contributed by atoms with Gasteiger partial charge in [-0.05, 0) is 31.4 Å². The molecule has 0 heterocycles. The first-order valence-electron chi connectivity index (χ1n) is 6.97. The zero-order chi connectivity index (χ0) is 15.9. The highest BCUT2D eigenvalue weighted by Crippen LogP contribution is 2.25. The number of hydrogen-bond donors (Lipinski definition) is 2. The van der Waals surface area contributed by atoms with Gasteiger partial charge in [-0.25, -0.2) is 0 Å². The van der Waals surface area contributed by atoms with Gasteiger partial charge in [0.2, 0.25) is 0 Å². The predicted octanol–water partition coefficient (Wildman–Crippen LogP) is 2.39. The van der Waals surface area contributed by atoms with E-state index in [1.165, 1.54) is 16.1 Å². The molecule has 0 saturated heterocycles. The third-order valence-corrected chi connectivity index (χ3v) is 5.24. The SMILES string of the molecule is CSc1ccccc1NS(=O)(=O)N(C)CCCNC(C)C.